The van der Waals surface area contributed by atoms with Crippen LogP contribution in [0.15, 0.2) is 0 Å². The smallest absolute Gasteiger partial charge is 0.330 e. The van der Waals surface area contributed by atoms with Gasteiger partial charge in [-0.05, 0) is 0 Å². The predicted octanol–water partition coefficient (Wildman–Crippen LogP) is 4.51. The van der Waals surface area contributed by atoms with Gasteiger partial charge in [0.25, 0.3) is 0 Å². The van der Waals surface area contributed by atoms with Crippen LogP contribution < -0.4 is 0 Å². The van der Waals surface area contributed by atoms with Crippen molar-refractivity contribution in [1.29, 1.82) is 0 Å². The number of rotatable bonds is 0. The van der Waals surface area contributed by atoms with Crippen molar-refractivity contribution in [3.63, 3.8) is 0 Å². The molecule has 0 aromatic carbocycles. The molecule has 1 rings (SSSR count). The third-order valence-corrected chi connectivity index (χ3v) is 3.39. The molecular weight excluding hydrogens is 352 g/mol. The molecule has 0 heterocycles. The monoisotopic (exact) mass is 378 g/mol. The second-order valence-corrected chi connectivity index (χ2v) is 6.83. The maximum atomic E-state index is 2.55. The summed E-state index contributed by atoms with van der Waals surface area (Å²) in [4.78, 5) is 0. The van der Waals surface area contributed by atoms with Crippen LogP contribution in [0.4, 0.5) is 0 Å². The van der Waals surface area contributed by atoms with E-state index in [1.807, 2.05) is 0 Å². The predicted molar refractivity (Wildman–Crippen MR) is 63.7 cm³/mol. The topological polar surface area (TPSA) is 0 Å². The van der Waals surface area contributed by atoms with Gasteiger partial charge in [-0.3, -0.25) is 0 Å². The molecule has 2 unspecified atom stereocenters. The minimum atomic E-state index is 0. The fraction of sp³-hybridized carbons (Fsp3) is 0.857. The van der Waals surface area contributed by atoms with E-state index in [0.717, 1.165) is 11.8 Å². The summed E-state index contributed by atoms with van der Waals surface area (Å²) in [5.74, 6) is 1.49. The van der Waals surface area contributed by atoms with Crippen LogP contribution in [0.3, 0.4) is 0 Å². The van der Waals surface area contributed by atoms with Gasteiger partial charge in [0.15, 0.2) is 0 Å². The first-order valence-electron chi connectivity index (χ1n) is 5.89. The van der Waals surface area contributed by atoms with E-state index in [-0.39, 0.29) is 21.1 Å². The van der Waals surface area contributed by atoms with Crippen molar-refractivity contribution in [3.8, 4) is 0 Å². The Morgan fingerprint density at radius 3 is 1.20 bits per heavy atom. The van der Waals surface area contributed by atoms with Gasteiger partial charge in [-0.1, -0.05) is 52.4 Å². The molecule has 2 atom stereocenters. The van der Waals surface area contributed by atoms with Gasteiger partial charge in [0.2, 0.25) is 0 Å². The maximum absolute atomic E-state index is 2.55. The first kappa shape index (κ1) is 15.7. The van der Waals surface area contributed by atoms with E-state index in [0.29, 0.717) is 10.8 Å². The van der Waals surface area contributed by atoms with E-state index in [4.69, 9.17) is 0 Å². The van der Waals surface area contributed by atoms with Crippen LogP contribution in [0, 0.1) is 35.5 Å². The van der Waals surface area contributed by atoms with Gasteiger partial charge < -0.3 is 12.8 Å². The van der Waals surface area contributed by atoms with Gasteiger partial charge in [-0.15, -0.1) is 0 Å². The molecule has 0 nitrogen and oxygen atoms in total. The molecule has 1 fully saturated rings. The molecule has 0 saturated heterocycles. The maximum Gasteiger partial charge on any atom is 2.00 e. The molecule has 0 radical (unpaired) electrons. The Kier molecular flexibility index (Phi) is 5.59. The molecule has 88 valence electrons. The van der Waals surface area contributed by atoms with Crippen LogP contribution >= 0.6 is 0 Å². The summed E-state index contributed by atoms with van der Waals surface area (Å²) in [5, 5.41) is 0. The fourth-order valence-electron chi connectivity index (χ4n) is 2.63. The van der Waals surface area contributed by atoms with Crippen molar-refractivity contribution in [2.24, 2.45) is 22.7 Å². The van der Waals surface area contributed by atoms with Gasteiger partial charge >= 0.3 is 21.1 Å². The van der Waals surface area contributed by atoms with Crippen molar-refractivity contribution >= 4 is 0 Å². The Morgan fingerprint density at radius 1 is 0.733 bits per heavy atom. The molecule has 1 aliphatic rings. The Bertz CT molecular complexity index is 160. The molecular formula is C14H26W. The summed E-state index contributed by atoms with van der Waals surface area (Å²) >= 11 is 0. The molecule has 0 bridgehead atoms. The fourth-order valence-corrected chi connectivity index (χ4v) is 2.63. The Morgan fingerprint density at radius 2 is 1.00 bits per heavy atom. The normalized spacial score (nSPS) is 28.4. The van der Waals surface area contributed by atoms with Gasteiger partial charge in [-0.2, -0.15) is 11.8 Å². The van der Waals surface area contributed by atoms with Gasteiger partial charge in [0.05, 0.1) is 0 Å². The molecule has 0 spiro atoms. The van der Waals surface area contributed by atoms with Crippen molar-refractivity contribution in [3.05, 3.63) is 12.8 Å². The van der Waals surface area contributed by atoms with Gasteiger partial charge in [-0.25, -0.2) is 12.8 Å². The summed E-state index contributed by atoms with van der Waals surface area (Å²) < 4.78 is 0. The first-order valence-corrected chi connectivity index (χ1v) is 5.89. The third-order valence-electron chi connectivity index (χ3n) is 3.39. The van der Waals surface area contributed by atoms with Crippen molar-refractivity contribution in [2.45, 2.75) is 54.4 Å². The van der Waals surface area contributed by atoms with Crippen molar-refractivity contribution in [2.75, 3.05) is 0 Å². The van der Waals surface area contributed by atoms with E-state index in [1.54, 1.807) is 0 Å². The quantitative estimate of drug-likeness (QED) is 0.544. The second-order valence-electron chi connectivity index (χ2n) is 6.83. The minimum Gasteiger partial charge on any atom is -0.330 e. The Labute approximate surface area is 111 Å². The Balaban J connectivity index is 0.00000196. The van der Waals surface area contributed by atoms with Crippen molar-refractivity contribution < 1.29 is 21.1 Å². The zero-order valence-electron chi connectivity index (χ0n) is 11.1. The number of hydrogen-bond acceptors (Lipinski definition) is 0. The molecule has 0 aromatic rings. The van der Waals surface area contributed by atoms with Crippen LogP contribution in [-0.2, 0) is 21.1 Å². The molecule has 0 N–H and O–H groups in total. The largest absolute Gasteiger partial charge is 2.00 e. The van der Waals surface area contributed by atoms with E-state index in [9.17, 15) is 0 Å². The molecule has 15 heavy (non-hydrogen) atoms. The molecule has 1 heteroatoms. The standard InChI is InChI=1S/C14H26.W/c1-13(2,3)11-9-7-8-10-12(11)14(4,5)6;/h9-12H,7-8H2,1-6H3;/q-2;+2. The van der Waals surface area contributed by atoms with Crippen LogP contribution in [-0.4, -0.2) is 0 Å². The van der Waals surface area contributed by atoms with Gasteiger partial charge in [0, 0.05) is 0 Å². The summed E-state index contributed by atoms with van der Waals surface area (Å²) in [5.41, 5.74) is 0.823. The van der Waals surface area contributed by atoms with E-state index in [1.165, 1.54) is 12.8 Å². The molecule has 1 aliphatic carbocycles. The first-order chi connectivity index (χ1) is 6.23. The summed E-state index contributed by atoms with van der Waals surface area (Å²) in [6.45, 7) is 14.2. The summed E-state index contributed by atoms with van der Waals surface area (Å²) in [7, 11) is 0. The Hall–Kier alpha value is 0.688. The molecule has 0 amide bonds. The zero-order valence-corrected chi connectivity index (χ0v) is 14.1. The van der Waals surface area contributed by atoms with Gasteiger partial charge in [0.1, 0.15) is 0 Å². The third kappa shape index (κ3) is 4.21. The average molecular weight is 378 g/mol. The molecule has 0 aliphatic heterocycles. The van der Waals surface area contributed by atoms with E-state index >= 15 is 0 Å². The van der Waals surface area contributed by atoms with Crippen molar-refractivity contribution in [1.82, 2.24) is 0 Å². The summed E-state index contributed by atoms with van der Waals surface area (Å²) in [6.07, 6.45) is 7.65. The zero-order chi connectivity index (χ0) is 11.0. The SMILES string of the molecule is CC(C)(C)C1[CH-]CC[CH-]C1C(C)(C)C.[W+2]. The average Bonchev–Trinajstić information content (AvgIpc) is 2.01. The molecule has 0 aromatic heterocycles. The number of hydrogen-bond donors (Lipinski definition) is 0. The minimum absolute atomic E-state index is 0. The van der Waals surface area contributed by atoms with Crippen LogP contribution in [0.5, 0.6) is 0 Å². The molecule has 1 saturated carbocycles. The second kappa shape index (κ2) is 5.35. The van der Waals surface area contributed by atoms with Crippen LogP contribution in [0.2, 0.25) is 0 Å². The van der Waals surface area contributed by atoms with Crippen LogP contribution in [0.25, 0.3) is 0 Å². The van der Waals surface area contributed by atoms with Crippen LogP contribution in [0.1, 0.15) is 54.4 Å². The van der Waals surface area contributed by atoms with E-state index in [2.05, 4.69) is 54.4 Å². The summed E-state index contributed by atoms with van der Waals surface area (Å²) in [6, 6.07) is 0. The van der Waals surface area contributed by atoms with E-state index < -0.39 is 0 Å².